The Morgan fingerprint density at radius 2 is 2.11 bits per heavy atom. The number of nitrogens with one attached hydrogen (secondary N) is 1. The minimum atomic E-state index is -0.265. The van der Waals surface area contributed by atoms with Crippen molar-refractivity contribution in [3.05, 3.63) is 52.9 Å². The summed E-state index contributed by atoms with van der Waals surface area (Å²) in [6.07, 6.45) is 0. The van der Waals surface area contributed by atoms with E-state index in [1.165, 1.54) is 0 Å². The minimum Gasteiger partial charge on any atom is -0.484 e. The summed E-state index contributed by atoms with van der Waals surface area (Å²) >= 11 is 5.95. The molecule has 1 N–H and O–H groups in total. The lowest BCUT2D eigenvalue weighted by Crippen LogP contribution is -2.16. The van der Waals surface area contributed by atoms with E-state index in [0.29, 0.717) is 16.5 Å². The summed E-state index contributed by atoms with van der Waals surface area (Å²) in [6, 6.07) is 10.5. The number of benzene rings is 1. The number of carbonyl (C=O) groups is 1. The Morgan fingerprint density at radius 3 is 2.83 bits per heavy atom. The van der Waals surface area contributed by atoms with Crippen molar-refractivity contribution in [1.29, 1.82) is 0 Å². The molecule has 18 heavy (non-hydrogen) atoms. The smallest absolute Gasteiger partial charge is 0.286 e. The van der Waals surface area contributed by atoms with Crippen LogP contribution in [0.15, 0.2) is 40.8 Å². The summed E-state index contributed by atoms with van der Waals surface area (Å²) in [5.41, 5.74) is 0. The Bertz CT molecular complexity index is 551. The van der Waals surface area contributed by atoms with Gasteiger partial charge in [-0.1, -0.05) is 23.7 Å². The predicted octanol–water partition coefficient (Wildman–Crippen LogP) is 2.87. The zero-order valence-corrected chi connectivity index (χ0v) is 10.5. The van der Waals surface area contributed by atoms with Crippen LogP contribution in [0.1, 0.15) is 16.3 Å². The maximum absolute atomic E-state index is 11.3. The molecule has 2 rings (SSSR count). The van der Waals surface area contributed by atoms with Crippen molar-refractivity contribution in [3.8, 4) is 5.75 Å². The third-order valence-corrected chi connectivity index (χ3v) is 2.63. The second kappa shape index (κ2) is 5.60. The first kappa shape index (κ1) is 12.5. The fraction of sp³-hybridized carbons (Fsp3) is 0.154. The van der Waals surface area contributed by atoms with E-state index in [9.17, 15) is 4.79 Å². The van der Waals surface area contributed by atoms with Crippen molar-refractivity contribution in [2.45, 2.75) is 6.61 Å². The van der Waals surface area contributed by atoms with Gasteiger partial charge in [-0.25, -0.2) is 0 Å². The lowest BCUT2D eigenvalue weighted by atomic mass is 10.3. The molecule has 0 radical (unpaired) electrons. The monoisotopic (exact) mass is 265 g/mol. The van der Waals surface area contributed by atoms with Crippen molar-refractivity contribution in [1.82, 2.24) is 5.32 Å². The zero-order valence-electron chi connectivity index (χ0n) is 9.77. The first-order chi connectivity index (χ1) is 8.70. The van der Waals surface area contributed by atoms with Crippen molar-refractivity contribution in [2.24, 2.45) is 0 Å². The lowest BCUT2D eigenvalue weighted by molar-refractivity contribution is 0.0931. The highest BCUT2D eigenvalue weighted by Crippen LogP contribution is 2.24. The van der Waals surface area contributed by atoms with Crippen LogP contribution >= 0.6 is 11.6 Å². The largest absolute Gasteiger partial charge is 0.484 e. The van der Waals surface area contributed by atoms with Crippen LogP contribution in [0.25, 0.3) is 0 Å². The first-order valence-corrected chi connectivity index (χ1v) is 5.76. The van der Waals surface area contributed by atoms with Gasteiger partial charge in [-0.3, -0.25) is 4.79 Å². The molecule has 4 nitrogen and oxygen atoms in total. The molecule has 0 saturated heterocycles. The predicted molar refractivity (Wildman–Crippen MR) is 67.9 cm³/mol. The molecule has 2 aromatic rings. The van der Waals surface area contributed by atoms with E-state index >= 15 is 0 Å². The van der Waals surface area contributed by atoms with E-state index < -0.39 is 0 Å². The van der Waals surface area contributed by atoms with Crippen molar-refractivity contribution in [3.63, 3.8) is 0 Å². The molecule has 0 aliphatic rings. The molecule has 94 valence electrons. The fourth-order valence-electron chi connectivity index (χ4n) is 1.41. The quantitative estimate of drug-likeness (QED) is 0.925. The van der Waals surface area contributed by atoms with Gasteiger partial charge in [0, 0.05) is 7.05 Å². The van der Waals surface area contributed by atoms with Crippen LogP contribution in [0.2, 0.25) is 5.02 Å². The lowest BCUT2D eigenvalue weighted by Gasteiger charge is -2.05. The van der Waals surface area contributed by atoms with Crippen LogP contribution in [0.5, 0.6) is 5.75 Å². The molecule has 0 atom stereocenters. The second-order valence-corrected chi connectivity index (χ2v) is 3.97. The van der Waals surface area contributed by atoms with E-state index in [0.717, 1.165) is 0 Å². The van der Waals surface area contributed by atoms with Gasteiger partial charge in [0.2, 0.25) is 0 Å². The highest BCUT2D eigenvalue weighted by molar-refractivity contribution is 6.32. The standard InChI is InChI=1S/C13H12ClNO3/c1-15-13(16)12-7-6-9(18-12)8-17-11-5-3-2-4-10(11)14/h2-7H,8H2,1H3,(H,15,16). The van der Waals surface area contributed by atoms with E-state index in [1.54, 1.807) is 31.3 Å². The highest BCUT2D eigenvalue weighted by Gasteiger charge is 2.09. The van der Waals surface area contributed by atoms with Gasteiger partial charge >= 0.3 is 0 Å². The number of amides is 1. The van der Waals surface area contributed by atoms with Gasteiger partial charge in [0.05, 0.1) is 5.02 Å². The first-order valence-electron chi connectivity index (χ1n) is 5.39. The number of ether oxygens (including phenoxy) is 1. The van der Waals surface area contributed by atoms with E-state index in [4.69, 9.17) is 20.8 Å². The molecule has 5 heteroatoms. The van der Waals surface area contributed by atoms with Gasteiger partial charge in [0.25, 0.3) is 5.91 Å². The Balaban J connectivity index is 2.01. The van der Waals surface area contributed by atoms with Crippen LogP contribution in [-0.4, -0.2) is 13.0 Å². The average Bonchev–Trinajstić information content (AvgIpc) is 2.86. The molecule has 0 fully saturated rings. The summed E-state index contributed by atoms with van der Waals surface area (Å²) in [6.45, 7) is 0.223. The van der Waals surface area contributed by atoms with Crippen LogP contribution in [-0.2, 0) is 6.61 Å². The zero-order chi connectivity index (χ0) is 13.0. The van der Waals surface area contributed by atoms with Crippen LogP contribution in [0.3, 0.4) is 0 Å². The molecule has 1 aromatic heterocycles. The second-order valence-electron chi connectivity index (χ2n) is 3.56. The van der Waals surface area contributed by atoms with E-state index in [-0.39, 0.29) is 18.3 Å². The Hall–Kier alpha value is -1.94. The minimum absolute atomic E-state index is 0.223. The van der Waals surface area contributed by atoms with Crippen LogP contribution < -0.4 is 10.1 Å². The SMILES string of the molecule is CNC(=O)c1ccc(COc2ccccc2Cl)o1. The van der Waals surface area contributed by atoms with Gasteiger partial charge in [0.1, 0.15) is 18.1 Å². The third-order valence-electron chi connectivity index (χ3n) is 2.32. The molecule has 0 bridgehead atoms. The number of hydrogen-bond donors (Lipinski definition) is 1. The molecular formula is C13H12ClNO3. The molecule has 0 unspecified atom stereocenters. The van der Waals surface area contributed by atoms with Gasteiger partial charge in [-0.15, -0.1) is 0 Å². The highest BCUT2D eigenvalue weighted by atomic mass is 35.5. The summed E-state index contributed by atoms with van der Waals surface area (Å²) in [4.78, 5) is 11.3. The molecule has 1 heterocycles. The summed E-state index contributed by atoms with van der Waals surface area (Å²) in [5, 5.41) is 3.02. The van der Waals surface area contributed by atoms with Crippen molar-refractivity contribution < 1.29 is 13.9 Å². The molecule has 1 amide bonds. The number of halogens is 1. The molecule has 0 spiro atoms. The van der Waals surface area contributed by atoms with Gasteiger partial charge < -0.3 is 14.5 Å². The van der Waals surface area contributed by atoms with E-state index in [1.807, 2.05) is 12.1 Å². The normalized spacial score (nSPS) is 10.1. The summed E-state index contributed by atoms with van der Waals surface area (Å²) in [5.74, 6) is 1.14. The summed E-state index contributed by atoms with van der Waals surface area (Å²) < 4.78 is 10.8. The molecule has 1 aromatic carbocycles. The number of hydrogen-bond acceptors (Lipinski definition) is 3. The van der Waals surface area contributed by atoms with Crippen LogP contribution in [0.4, 0.5) is 0 Å². The molecule has 0 aliphatic carbocycles. The fourth-order valence-corrected chi connectivity index (χ4v) is 1.60. The third kappa shape index (κ3) is 2.84. The molecular weight excluding hydrogens is 254 g/mol. The van der Waals surface area contributed by atoms with Gasteiger partial charge in [-0.2, -0.15) is 0 Å². The topological polar surface area (TPSA) is 51.5 Å². The van der Waals surface area contributed by atoms with Gasteiger partial charge in [0.15, 0.2) is 5.76 Å². The van der Waals surface area contributed by atoms with Crippen LogP contribution in [0, 0.1) is 0 Å². The molecule has 0 aliphatic heterocycles. The Kier molecular flexibility index (Phi) is 3.89. The number of rotatable bonds is 4. The summed E-state index contributed by atoms with van der Waals surface area (Å²) in [7, 11) is 1.55. The number of carbonyl (C=O) groups excluding carboxylic acids is 1. The molecule has 0 saturated carbocycles. The van der Waals surface area contributed by atoms with E-state index in [2.05, 4.69) is 5.32 Å². The van der Waals surface area contributed by atoms with Gasteiger partial charge in [-0.05, 0) is 24.3 Å². The maximum atomic E-state index is 11.3. The Labute approximate surface area is 110 Å². The van der Waals surface area contributed by atoms with Crippen molar-refractivity contribution >= 4 is 17.5 Å². The average molecular weight is 266 g/mol. The Morgan fingerprint density at radius 1 is 1.33 bits per heavy atom. The van der Waals surface area contributed by atoms with Crippen molar-refractivity contribution in [2.75, 3.05) is 7.05 Å². The number of para-hydroxylation sites is 1. The maximum Gasteiger partial charge on any atom is 0.286 e. The number of furan rings is 1.